The summed E-state index contributed by atoms with van der Waals surface area (Å²) in [6.07, 6.45) is 1.89. The maximum absolute atomic E-state index is 12.1. The van der Waals surface area contributed by atoms with Crippen LogP contribution in [0.2, 0.25) is 0 Å². The first-order valence-electron chi connectivity index (χ1n) is 7.56. The average molecular weight is 325 g/mol. The molecule has 1 aliphatic rings. The van der Waals surface area contributed by atoms with Crippen molar-refractivity contribution in [3.63, 3.8) is 0 Å². The standard InChI is InChI=1S/C15H23N3O3S/c1-2-10-22(20,21)18-8-6-14(7-9-18)17-15(19)12-4-3-5-13(16)11-12/h3-5,11,14H,2,6-10,16H2,1H3,(H,17,19). The highest BCUT2D eigenvalue weighted by Gasteiger charge is 2.28. The van der Waals surface area contributed by atoms with Crippen LogP contribution in [0, 0.1) is 0 Å². The molecule has 0 bridgehead atoms. The Labute approximate surface area is 131 Å². The van der Waals surface area contributed by atoms with Gasteiger partial charge >= 0.3 is 0 Å². The summed E-state index contributed by atoms with van der Waals surface area (Å²) in [6.45, 7) is 2.78. The van der Waals surface area contributed by atoms with E-state index >= 15 is 0 Å². The largest absolute Gasteiger partial charge is 0.399 e. The number of benzene rings is 1. The van der Waals surface area contributed by atoms with Gasteiger partial charge in [0.1, 0.15) is 0 Å². The molecule has 3 N–H and O–H groups in total. The number of nitrogens with one attached hydrogen (secondary N) is 1. The molecule has 7 heteroatoms. The topological polar surface area (TPSA) is 92.5 Å². The highest BCUT2D eigenvalue weighted by atomic mass is 32.2. The van der Waals surface area contributed by atoms with Crippen LogP contribution in [0.15, 0.2) is 24.3 Å². The molecule has 122 valence electrons. The molecule has 2 rings (SSSR count). The summed E-state index contributed by atoms with van der Waals surface area (Å²) in [5.41, 5.74) is 6.75. The van der Waals surface area contributed by atoms with Crippen molar-refractivity contribution in [2.24, 2.45) is 0 Å². The van der Waals surface area contributed by atoms with Crippen molar-refractivity contribution >= 4 is 21.6 Å². The van der Waals surface area contributed by atoms with Crippen LogP contribution in [0.25, 0.3) is 0 Å². The number of amides is 1. The van der Waals surface area contributed by atoms with E-state index in [9.17, 15) is 13.2 Å². The average Bonchev–Trinajstić information content (AvgIpc) is 2.47. The number of anilines is 1. The molecule has 1 aromatic carbocycles. The van der Waals surface area contributed by atoms with E-state index in [1.807, 2.05) is 6.92 Å². The van der Waals surface area contributed by atoms with Crippen LogP contribution in [0.1, 0.15) is 36.5 Å². The Balaban J connectivity index is 1.89. The molecule has 0 radical (unpaired) electrons. The first-order valence-corrected chi connectivity index (χ1v) is 9.17. The highest BCUT2D eigenvalue weighted by molar-refractivity contribution is 7.89. The summed E-state index contributed by atoms with van der Waals surface area (Å²) >= 11 is 0. The minimum Gasteiger partial charge on any atom is -0.399 e. The molecular weight excluding hydrogens is 302 g/mol. The molecule has 1 fully saturated rings. The molecule has 0 aromatic heterocycles. The number of carbonyl (C=O) groups excluding carboxylic acids is 1. The maximum atomic E-state index is 12.1. The highest BCUT2D eigenvalue weighted by Crippen LogP contribution is 2.16. The van der Waals surface area contributed by atoms with E-state index < -0.39 is 10.0 Å². The minimum absolute atomic E-state index is 0.00186. The van der Waals surface area contributed by atoms with Gasteiger partial charge in [-0.05, 0) is 37.5 Å². The third-order valence-corrected chi connectivity index (χ3v) is 5.87. The van der Waals surface area contributed by atoms with Crippen molar-refractivity contribution in [1.29, 1.82) is 0 Å². The summed E-state index contributed by atoms with van der Waals surface area (Å²) in [5, 5.41) is 2.95. The van der Waals surface area contributed by atoms with E-state index in [1.165, 1.54) is 4.31 Å². The summed E-state index contributed by atoms with van der Waals surface area (Å²) in [7, 11) is -3.14. The van der Waals surface area contributed by atoms with Crippen LogP contribution in [-0.2, 0) is 10.0 Å². The molecule has 1 amide bonds. The number of piperidine rings is 1. The molecule has 6 nitrogen and oxygen atoms in total. The van der Waals surface area contributed by atoms with Crippen molar-refractivity contribution in [3.8, 4) is 0 Å². The van der Waals surface area contributed by atoms with Gasteiger partial charge in [-0.15, -0.1) is 0 Å². The van der Waals surface area contributed by atoms with Crippen LogP contribution >= 0.6 is 0 Å². The van der Waals surface area contributed by atoms with Crippen molar-refractivity contribution in [2.75, 3.05) is 24.6 Å². The smallest absolute Gasteiger partial charge is 0.251 e. The molecule has 22 heavy (non-hydrogen) atoms. The van der Waals surface area contributed by atoms with Crippen LogP contribution < -0.4 is 11.1 Å². The summed E-state index contributed by atoms with van der Waals surface area (Å²) < 4.78 is 25.5. The number of hydrogen-bond acceptors (Lipinski definition) is 4. The molecule has 0 atom stereocenters. The molecule has 0 spiro atoms. The van der Waals surface area contributed by atoms with Crippen molar-refractivity contribution in [2.45, 2.75) is 32.2 Å². The van der Waals surface area contributed by atoms with Crippen LogP contribution in [0.3, 0.4) is 0 Å². The van der Waals surface area contributed by atoms with Gasteiger partial charge in [0.2, 0.25) is 10.0 Å². The van der Waals surface area contributed by atoms with Gasteiger partial charge in [0, 0.05) is 30.4 Å². The van der Waals surface area contributed by atoms with E-state index in [0.717, 1.165) is 0 Å². The summed E-state index contributed by atoms with van der Waals surface area (Å²) in [5.74, 6) is 0.0232. The van der Waals surface area contributed by atoms with Gasteiger partial charge in [0.15, 0.2) is 0 Å². The normalized spacial score (nSPS) is 17.3. The van der Waals surface area contributed by atoms with Gasteiger partial charge in [-0.25, -0.2) is 12.7 Å². The fourth-order valence-corrected chi connectivity index (χ4v) is 4.16. The summed E-state index contributed by atoms with van der Waals surface area (Å²) in [6, 6.07) is 6.82. The van der Waals surface area contributed by atoms with Crippen LogP contribution in [0.5, 0.6) is 0 Å². The van der Waals surface area contributed by atoms with Crippen molar-refractivity contribution < 1.29 is 13.2 Å². The van der Waals surface area contributed by atoms with Gasteiger partial charge in [0.05, 0.1) is 5.75 Å². The first kappa shape index (κ1) is 16.8. The number of carbonyl (C=O) groups is 1. The molecule has 0 aliphatic carbocycles. The number of sulfonamides is 1. The van der Waals surface area contributed by atoms with E-state index in [2.05, 4.69) is 5.32 Å². The fraction of sp³-hybridized carbons (Fsp3) is 0.533. The van der Waals surface area contributed by atoms with Crippen LogP contribution in [-0.4, -0.2) is 43.5 Å². The Morgan fingerprint density at radius 1 is 1.36 bits per heavy atom. The molecule has 1 aromatic rings. The van der Waals surface area contributed by atoms with Gasteiger partial charge in [0.25, 0.3) is 5.91 Å². The summed E-state index contributed by atoms with van der Waals surface area (Å²) in [4.78, 5) is 12.1. The lowest BCUT2D eigenvalue weighted by Gasteiger charge is -2.31. The van der Waals surface area contributed by atoms with Crippen LogP contribution in [0.4, 0.5) is 5.69 Å². The Hall–Kier alpha value is -1.60. The predicted octanol–water partition coefficient (Wildman–Crippen LogP) is 1.20. The Morgan fingerprint density at radius 2 is 2.05 bits per heavy atom. The van der Waals surface area contributed by atoms with Gasteiger partial charge in [-0.1, -0.05) is 13.0 Å². The SMILES string of the molecule is CCCS(=O)(=O)N1CCC(NC(=O)c2cccc(N)c2)CC1. The molecule has 0 unspecified atom stereocenters. The number of nitrogens with two attached hydrogens (primary N) is 1. The third-order valence-electron chi connectivity index (χ3n) is 3.79. The second kappa shape index (κ2) is 7.11. The number of rotatable bonds is 5. The zero-order valence-corrected chi connectivity index (χ0v) is 13.6. The first-order chi connectivity index (χ1) is 10.4. The molecule has 1 saturated heterocycles. The number of hydrogen-bond donors (Lipinski definition) is 2. The monoisotopic (exact) mass is 325 g/mol. The second-order valence-corrected chi connectivity index (χ2v) is 7.68. The van der Waals surface area contributed by atoms with Crippen molar-refractivity contribution in [3.05, 3.63) is 29.8 Å². The maximum Gasteiger partial charge on any atom is 0.251 e. The number of nitrogens with zero attached hydrogens (tertiary/aromatic N) is 1. The second-order valence-electron chi connectivity index (χ2n) is 5.59. The predicted molar refractivity (Wildman–Crippen MR) is 87.0 cm³/mol. The van der Waals surface area contributed by atoms with E-state index in [4.69, 9.17) is 5.73 Å². The van der Waals surface area contributed by atoms with Gasteiger partial charge in [-0.2, -0.15) is 0 Å². The lowest BCUT2D eigenvalue weighted by Crippen LogP contribution is -2.47. The zero-order chi connectivity index (χ0) is 16.2. The van der Waals surface area contributed by atoms with E-state index in [-0.39, 0.29) is 17.7 Å². The fourth-order valence-electron chi connectivity index (χ4n) is 2.61. The molecule has 1 aliphatic heterocycles. The van der Waals surface area contributed by atoms with E-state index in [0.29, 0.717) is 43.6 Å². The Kier molecular flexibility index (Phi) is 5.42. The Morgan fingerprint density at radius 3 is 2.64 bits per heavy atom. The Bertz CT molecular complexity index is 623. The molecule has 1 heterocycles. The van der Waals surface area contributed by atoms with Gasteiger partial charge in [-0.3, -0.25) is 4.79 Å². The molecular formula is C15H23N3O3S. The third kappa shape index (κ3) is 4.20. The van der Waals surface area contributed by atoms with E-state index in [1.54, 1.807) is 24.3 Å². The lowest BCUT2D eigenvalue weighted by atomic mass is 10.1. The lowest BCUT2D eigenvalue weighted by molar-refractivity contribution is 0.0924. The molecule has 0 saturated carbocycles. The number of nitrogen functional groups attached to an aromatic ring is 1. The van der Waals surface area contributed by atoms with Gasteiger partial charge < -0.3 is 11.1 Å². The zero-order valence-electron chi connectivity index (χ0n) is 12.8. The minimum atomic E-state index is -3.14. The van der Waals surface area contributed by atoms with Crippen molar-refractivity contribution in [1.82, 2.24) is 9.62 Å². The quantitative estimate of drug-likeness (QED) is 0.796.